The van der Waals surface area contributed by atoms with Gasteiger partial charge in [-0.15, -0.1) is 22.7 Å². The van der Waals surface area contributed by atoms with Gasteiger partial charge in [-0.3, -0.25) is 10.1 Å². The minimum atomic E-state index is -0.228. The molecule has 1 N–H and O–H groups in total. The van der Waals surface area contributed by atoms with Gasteiger partial charge in [-0.05, 0) is 37.3 Å². The maximum atomic E-state index is 12.3. The molecule has 0 saturated heterocycles. The Balaban J connectivity index is 1.72. The molecule has 4 nitrogen and oxygen atoms in total. The standard InChI is InChI=1S/C16H12Cl2N2O2S2/c1-2-22-10-5-3-9(4-6-10)15(21)20-16-19-12(8-23-16)11-7-13(17)24-14(11)18/h3-8H,2H2,1H3,(H,19,20,21). The molecule has 0 aliphatic rings. The van der Waals surface area contributed by atoms with E-state index in [9.17, 15) is 4.79 Å². The summed E-state index contributed by atoms with van der Waals surface area (Å²) in [6.45, 7) is 2.50. The molecule has 1 aromatic carbocycles. The van der Waals surface area contributed by atoms with Crippen molar-refractivity contribution >= 4 is 56.9 Å². The highest BCUT2D eigenvalue weighted by molar-refractivity contribution is 7.20. The Labute approximate surface area is 157 Å². The van der Waals surface area contributed by atoms with Crippen molar-refractivity contribution in [3.05, 3.63) is 49.9 Å². The van der Waals surface area contributed by atoms with E-state index in [0.29, 0.717) is 31.7 Å². The largest absolute Gasteiger partial charge is 0.494 e. The summed E-state index contributed by atoms with van der Waals surface area (Å²) in [6, 6.07) is 8.72. The van der Waals surface area contributed by atoms with Crippen molar-refractivity contribution in [2.24, 2.45) is 0 Å². The molecule has 2 aromatic heterocycles. The summed E-state index contributed by atoms with van der Waals surface area (Å²) in [5.41, 5.74) is 1.99. The molecule has 8 heteroatoms. The van der Waals surface area contributed by atoms with Gasteiger partial charge >= 0.3 is 0 Å². The first-order chi connectivity index (χ1) is 11.6. The fourth-order valence-corrected chi connectivity index (χ4v) is 4.20. The van der Waals surface area contributed by atoms with E-state index in [4.69, 9.17) is 27.9 Å². The lowest BCUT2D eigenvalue weighted by Gasteiger charge is -2.04. The zero-order valence-electron chi connectivity index (χ0n) is 12.5. The topological polar surface area (TPSA) is 51.2 Å². The van der Waals surface area contributed by atoms with Crippen LogP contribution in [0.2, 0.25) is 8.67 Å². The molecule has 0 fully saturated rings. The lowest BCUT2D eigenvalue weighted by atomic mass is 10.2. The van der Waals surface area contributed by atoms with Crippen molar-refractivity contribution in [1.82, 2.24) is 4.98 Å². The summed E-state index contributed by atoms with van der Waals surface area (Å²) in [4.78, 5) is 16.7. The first-order valence-electron chi connectivity index (χ1n) is 7.01. The number of carbonyl (C=O) groups excluding carboxylic acids is 1. The summed E-state index contributed by atoms with van der Waals surface area (Å²) in [6.07, 6.45) is 0. The van der Waals surface area contributed by atoms with E-state index >= 15 is 0 Å². The van der Waals surface area contributed by atoms with Crippen LogP contribution in [-0.2, 0) is 0 Å². The Morgan fingerprint density at radius 1 is 1.29 bits per heavy atom. The molecule has 0 unspecified atom stereocenters. The third-order valence-electron chi connectivity index (χ3n) is 3.08. The number of anilines is 1. The van der Waals surface area contributed by atoms with E-state index in [1.165, 1.54) is 22.7 Å². The zero-order valence-corrected chi connectivity index (χ0v) is 15.7. The second kappa shape index (κ2) is 7.53. The molecular formula is C16H12Cl2N2O2S2. The number of hydrogen-bond acceptors (Lipinski definition) is 5. The van der Waals surface area contributed by atoms with Crippen LogP contribution in [0.1, 0.15) is 17.3 Å². The second-order valence-corrected chi connectivity index (χ2v) is 7.83. The minimum Gasteiger partial charge on any atom is -0.494 e. The van der Waals surface area contributed by atoms with Crippen LogP contribution in [0.25, 0.3) is 11.3 Å². The summed E-state index contributed by atoms with van der Waals surface area (Å²) in [5, 5.41) is 5.11. The van der Waals surface area contributed by atoms with Crippen LogP contribution in [-0.4, -0.2) is 17.5 Å². The monoisotopic (exact) mass is 398 g/mol. The summed E-state index contributed by atoms with van der Waals surface area (Å²) < 4.78 is 6.54. The van der Waals surface area contributed by atoms with Crippen LogP contribution in [0.4, 0.5) is 5.13 Å². The van der Waals surface area contributed by atoms with Crippen molar-refractivity contribution in [3.8, 4) is 17.0 Å². The van der Waals surface area contributed by atoms with Crippen molar-refractivity contribution < 1.29 is 9.53 Å². The first-order valence-corrected chi connectivity index (χ1v) is 9.47. The maximum Gasteiger partial charge on any atom is 0.257 e. The number of benzene rings is 1. The minimum absolute atomic E-state index is 0.228. The van der Waals surface area contributed by atoms with Gasteiger partial charge in [0, 0.05) is 16.5 Å². The van der Waals surface area contributed by atoms with Gasteiger partial charge in [0.1, 0.15) is 10.1 Å². The van der Waals surface area contributed by atoms with Crippen molar-refractivity contribution in [2.75, 3.05) is 11.9 Å². The van der Waals surface area contributed by atoms with Crippen molar-refractivity contribution in [3.63, 3.8) is 0 Å². The van der Waals surface area contributed by atoms with Gasteiger partial charge in [-0.2, -0.15) is 0 Å². The van der Waals surface area contributed by atoms with E-state index in [0.717, 1.165) is 11.3 Å². The van der Waals surface area contributed by atoms with Crippen LogP contribution in [0, 0.1) is 0 Å². The Hall–Kier alpha value is -1.60. The summed E-state index contributed by atoms with van der Waals surface area (Å²) in [7, 11) is 0. The Morgan fingerprint density at radius 3 is 2.67 bits per heavy atom. The van der Waals surface area contributed by atoms with E-state index in [2.05, 4.69) is 10.3 Å². The normalized spacial score (nSPS) is 10.6. The van der Waals surface area contributed by atoms with Crippen LogP contribution in [0.3, 0.4) is 0 Å². The number of thiophene rings is 1. The predicted molar refractivity (Wildman–Crippen MR) is 101 cm³/mol. The number of amides is 1. The number of halogens is 2. The van der Waals surface area contributed by atoms with E-state index in [1.807, 2.05) is 12.3 Å². The molecule has 0 bridgehead atoms. The Morgan fingerprint density at radius 2 is 2.04 bits per heavy atom. The van der Waals surface area contributed by atoms with Crippen LogP contribution in [0.15, 0.2) is 35.7 Å². The number of ether oxygens (including phenoxy) is 1. The van der Waals surface area contributed by atoms with Gasteiger partial charge in [0.25, 0.3) is 5.91 Å². The molecule has 0 aliphatic heterocycles. The number of hydrogen-bond donors (Lipinski definition) is 1. The van der Waals surface area contributed by atoms with Gasteiger partial charge in [0.15, 0.2) is 5.13 Å². The fourth-order valence-electron chi connectivity index (χ4n) is 2.01. The van der Waals surface area contributed by atoms with Crippen molar-refractivity contribution in [2.45, 2.75) is 6.92 Å². The molecule has 0 spiro atoms. The SMILES string of the molecule is CCOc1ccc(C(=O)Nc2nc(-c3cc(Cl)sc3Cl)cs2)cc1. The average Bonchev–Trinajstić information content (AvgIpc) is 3.14. The number of aromatic nitrogens is 1. The molecule has 0 aliphatic carbocycles. The number of thiazole rings is 1. The smallest absolute Gasteiger partial charge is 0.257 e. The van der Waals surface area contributed by atoms with Gasteiger partial charge in [0.05, 0.1) is 16.6 Å². The van der Waals surface area contributed by atoms with E-state index in [-0.39, 0.29) is 5.91 Å². The molecule has 124 valence electrons. The highest BCUT2D eigenvalue weighted by Crippen LogP contribution is 2.39. The number of carbonyl (C=O) groups is 1. The van der Waals surface area contributed by atoms with E-state index in [1.54, 1.807) is 30.3 Å². The number of nitrogens with zero attached hydrogens (tertiary/aromatic N) is 1. The third kappa shape index (κ3) is 3.89. The molecule has 2 heterocycles. The second-order valence-electron chi connectivity index (χ2n) is 4.69. The molecule has 0 saturated carbocycles. The summed E-state index contributed by atoms with van der Waals surface area (Å²) in [5.74, 6) is 0.503. The van der Waals surface area contributed by atoms with Crippen LogP contribution >= 0.6 is 45.9 Å². The number of rotatable bonds is 5. The molecule has 1 amide bonds. The highest BCUT2D eigenvalue weighted by Gasteiger charge is 2.14. The highest BCUT2D eigenvalue weighted by atomic mass is 35.5. The first kappa shape index (κ1) is 17.2. The van der Waals surface area contributed by atoms with Crippen molar-refractivity contribution in [1.29, 1.82) is 0 Å². The average molecular weight is 399 g/mol. The lowest BCUT2D eigenvalue weighted by Crippen LogP contribution is -2.11. The number of nitrogens with one attached hydrogen (secondary N) is 1. The van der Waals surface area contributed by atoms with Gasteiger partial charge in [-0.1, -0.05) is 23.2 Å². The molecule has 24 heavy (non-hydrogen) atoms. The fraction of sp³-hybridized carbons (Fsp3) is 0.125. The summed E-state index contributed by atoms with van der Waals surface area (Å²) >= 11 is 14.7. The Kier molecular flexibility index (Phi) is 5.40. The molecule has 0 atom stereocenters. The van der Waals surface area contributed by atoms with Gasteiger partial charge < -0.3 is 4.74 Å². The zero-order chi connectivity index (χ0) is 17.1. The Bertz CT molecular complexity index is 859. The molecular weight excluding hydrogens is 387 g/mol. The quantitative estimate of drug-likeness (QED) is 0.587. The van der Waals surface area contributed by atoms with Crippen LogP contribution in [0.5, 0.6) is 5.75 Å². The third-order valence-corrected chi connectivity index (χ3v) is 5.33. The van der Waals surface area contributed by atoms with Gasteiger partial charge in [0.2, 0.25) is 0 Å². The van der Waals surface area contributed by atoms with Crippen LogP contribution < -0.4 is 10.1 Å². The predicted octanol–water partition coefficient (Wildman–Crippen LogP) is 5.83. The van der Waals surface area contributed by atoms with Gasteiger partial charge in [-0.25, -0.2) is 4.98 Å². The van der Waals surface area contributed by atoms with E-state index < -0.39 is 0 Å². The molecule has 0 radical (unpaired) electrons. The molecule has 3 aromatic rings. The maximum absolute atomic E-state index is 12.3. The molecule has 3 rings (SSSR count). The lowest BCUT2D eigenvalue weighted by molar-refractivity contribution is 0.102.